The van der Waals surface area contributed by atoms with Crippen LogP contribution in [-0.2, 0) is 4.74 Å². The zero-order chi connectivity index (χ0) is 21.2. The number of rotatable bonds is 5. The molecule has 0 saturated carbocycles. The van der Waals surface area contributed by atoms with E-state index in [1.54, 1.807) is 18.3 Å². The van der Waals surface area contributed by atoms with Crippen molar-refractivity contribution in [3.63, 3.8) is 0 Å². The average Bonchev–Trinajstić information content (AvgIpc) is 3.07. The molecule has 29 heavy (non-hydrogen) atoms. The highest BCUT2D eigenvalue weighted by Gasteiger charge is 2.38. The summed E-state index contributed by atoms with van der Waals surface area (Å²) in [5.74, 6) is -0.324. The van der Waals surface area contributed by atoms with Crippen molar-refractivity contribution in [1.82, 2.24) is 15.3 Å². The van der Waals surface area contributed by atoms with Gasteiger partial charge in [-0.25, -0.2) is 4.79 Å². The molecule has 0 saturated heterocycles. The van der Waals surface area contributed by atoms with Crippen molar-refractivity contribution in [2.45, 2.75) is 32.9 Å². The largest absolute Gasteiger partial charge is 0.443 e. The van der Waals surface area contributed by atoms with Crippen LogP contribution < -0.4 is 11.1 Å². The van der Waals surface area contributed by atoms with Crippen LogP contribution in [0.4, 0.5) is 4.79 Å². The Labute approximate surface area is 177 Å². The molecular formula is C21H23BrN4O3. The maximum Gasteiger partial charge on any atom is 0.404 e. The Morgan fingerprint density at radius 3 is 2.66 bits per heavy atom. The number of ether oxygens (including phenoxy) is 1. The number of nitrogens with one attached hydrogen (secondary N) is 2. The molecule has 2 aromatic heterocycles. The van der Waals surface area contributed by atoms with Crippen molar-refractivity contribution in [2.75, 3.05) is 0 Å². The number of primary amides is 1. The third kappa shape index (κ3) is 4.76. The van der Waals surface area contributed by atoms with E-state index in [0.717, 1.165) is 20.9 Å². The molecule has 2 amide bonds. The van der Waals surface area contributed by atoms with Crippen LogP contribution in [0.15, 0.2) is 53.4 Å². The second-order valence-corrected chi connectivity index (χ2v) is 8.77. The average molecular weight is 459 g/mol. The van der Waals surface area contributed by atoms with Gasteiger partial charge >= 0.3 is 6.09 Å². The van der Waals surface area contributed by atoms with Crippen molar-refractivity contribution in [2.24, 2.45) is 11.1 Å². The molecule has 3 aromatic rings. The molecule has 0 radical (unpaired) electrons. The minimum atomic E-state index is -0.897. The number of H-pyrrole nitrogens is 1. The number of amides is 2. The highest BCUT2D eigenvalue weighted by Crippen LogP contribution is 2.37. The highest BCUT2D eigenvalue weighted by molar-refractivity contribution is 9.10. The molecule has 7 nitrogen and oxygen atoms in total. The van der Waals surface area contributed by atoms with E-state index < -0.39 is 23.7 Å². The van der Waals surface area contributed by atoms with E-state index in [1.165, 1.54) is 6.20 Å². The van der Waals surface area contributed by atoms with E-state index in [1.807, 2.05) is 45.2 Å². The fourth-order valence-corrected chi connectivity index (χ4v) is 3.64. The third-order valence-corrected chi connectivity index (χ3v) is 5.11. The van der Waals surface area contributed by atoms with Crippen LogP contribution in [0.3, 0.4) is 0 Å². The summed E-state index contributed by atoms with van der Waals surface area (Å²) >= 11 is 3.49. The number of fused-ring (bicyclic) bond motifs is 1. The minimum Gasteiger partial charge on any atom is -0.443 e. The maximum absolute atomic E-state index is 12.9. The lowest BCUT2D eigenvalue weighted by Gasteiger charge is -2.36. The summed E-state index contributed by atoms with van der Waals surface area (Å²) in [4.78, 5) is 31.8. The van der Waals surface area contributed by atoms with Crippen LogP contribution in [0.25, 0.3) is 10.9 Å². The number of carbonyl (C=O) groups is 2. The zero-order valence-corrected chi connectivity index (χ0v) is 18.0. The molecule has 4 N–H and O–H groups in total. The van der Waals surface area contributed by atoms with Gasteiger partial charge in [0.25, 0.3) is 5.91 Å². The number of nitrogens with two attached hydrogens (primary N) is 1. The second-order valence-electron chi connectivity index (χ2n) is 7.85. The monoisotopic (exact) mass is 458 g/mol. The number of aromatic amines is 1. The van der Waals surface area contributed by atoms with Gasteiger partial charge in [-0.05, 0) is 30.3 Å². The van der Waals surface area contributed by atoms with E-state index >= 15 is 0 Å². The number of nitrogens with zero attached hydrogens (tertiary/aromatic N) is 1. The van der Waals surface area contributed by atoms with E-state index in [-0.39, 0.29) is 5.91 Å². The Hall–Kier alpha value is -2.87. The lowest BCUT2D eigenvalue weighted by Crippen LogP contribution is -2.46. The van der Waals surface area contributed by atoms with Gasteiger partial charge in [-0.1, -0.05) is 36.7 Å². The lowest BCUT2D eigenvalue weighted by atomic mass is 9.81. The van der Waals surface area contributed by atoms with Crippen molar-refractivity contribution < 1.29 is 14.3 Å². The van der Waals surface area contributed by atoms with Crippen molar-refractivity contribution >= 4 is 38.8 Å². The van der Waals surface area contributed by atoms with Crippen LogP contribution in [0.2, 0.25) is 0 Å². The molecule has 0 aliphatic rings. The Balaban J connectivity index is 2.10. The summed E-state index contributed by atoms with van der Waals surface area (Å²) < 4.78 is 6.39. The summed E-state index contributed by atoms with van der Waals surface area (Å²) in [6.45, 7) is 5.78. The molecule has 0 aliphatic carbocycles. The van der Waals surface area contributed by atoms with Crippen LogP contribution in [-0.4, -0.2) is 28.1 Å². The van der Waals surface area contributed by atoms with E-state index in [0.29, 0.717) is 5.56 Å². The predicted octanol–water partition coefficient (Wildman–Crippen LogP) is 4.31. The van der Waals surface area contributed by atoms with Crippen molar-refractivity contribution in [3.05, 3.63) is 64.5 Å². The molecule has 2 heterocycles. The lowest BCUT2D eigenvalue weighted by molar-refractivity contribution is 0.0104. The fourth-order valence-electron chi connectivity index (χ4n) is 3.28. The molecule has 1 aromatic carbocycles. The molecule has 3 rings (SSSR count). The molecule has 0 aliphatic heterocycles. The fraction of sp³-hybridized carbons (Fsp3) is 0.286. The van der Waals surface area contributed by atoms with Crippen molar-refractivity contribution in [3.8, 4) is 0 Å². The van der Waals surface area contributed by atoms with Crippen LogP contribution in [0.1, 0.15) is 42.7 Å². The SMILES string of the molecule is CC(C)(C)C(OC(N)=O)C(NC(=O)c1cccnc1)c1c[nH]c2ccc(Br)cc12. The molecule has 2 unspecified atom stereocenters. The topological polar surface area (TPSA) is 110 Å². The molecule has 0 bridgehead atoms. The number of pyridine rings is 1. The van der Waals surface area contributed by atoms with Crippen LogP contribution >= 0.6 is 15.9 Å². The van der Waals surface area contributed by atoms with E-state index in [9.17, 15) is 9.59 Å². The van der Waals surface area contributed by atoms with Gasteiger partial charge in [0.1, 0.15) is 6.10 Å². The Bertz CT molecular complexity index is 1030. The molecular weight excluding hydrogens is 436 g/mol. The zero-order valence-electron chi connectivity index (χ0n) is 16.4. The first-order valence-corrected chi connectivity index (χ1v) is 9.89. The van der Waals surface area contributed by atoms with Gasteiger partial charge in [-0.3, -0.25) is 9.78 Å². The number of benzene rings is 1. The van der Waals surface area contributed by atoms with Crippen molar-refractivity contribution in [1.29, 1.82) is 0 Å². The first kappa shape index (κ1) is 20.9. The van der Waals surface area contributed by atoms with Gasteiger partial charge in [0.05, 0.1) is 11.6 Å². The molecule has 8 heteroatoms. The highest BCUT2D eigenvalue weighted by atomic mass is 79.9. The van der Waals surface area contributed by atoms with E-state index in [2.05, 4.69) is 31.2 Å². The van der Waals surface area contributed by atoms with Gasteiger partial charge in [-0.15, -0.1) is 0 Å². The van der Waals surface area contributed by atoms with Gasteiger partial charge in [0.15, 0.2) is 0 Å². The van der Waals surface area contributed by atoms with Crippen LogP contribution in [0, 0.1) is 5.41 Å². The summed E-state index contributed by atoms with van der Waals surface area (Å²) in [6, 6.07) is 8.53. The minimum absolute atomic E-state index is 0.324. The normalized spacial score (nSPS) is 13.7. The summed E-state index contributed by atoms with van der Waals surface area (Å²) in [5, 5.41) is 3.91. The smallest absolute Gasteiger partial charge is 0.404 e. The molecule has 0 spiro atoms. The summed E-state index contributed by atoms with van der Waals surface area (Å²) in [5.41, 5.74) is 6.96. The maximum atomic E-state index is 12.9. The summed E-state index contributed by atoms with van der Waals surface area (Å²) in [6.07, 6.45) is 3.29. The molecule has 0 fully saturated rings. The molecule has 152 valence electrons. The van der Waals surface area contributed by atoms with Gasteiger partial charge in [-0.2, -0.15) is 0 Å². The standard InChI is InChI=1S/C21H23BrN4O3/c1-21(2,3)18(29-20(23)28)17(26-19(27)12-5-4-8-24-10-12)15-11-25-16-7-6-13(22)9-14(15)16/h4-11,17-18,25H,1-3H3,(H2,23,28)(H,26,27). The summed E-state index contributed by atoms with van der Waals surface area (Å²) in [7, 11) is 0. The predicted molar refractivity (Wildman–Crippen MR) is 114 cm³/mol. The quantitative estimate of drug-likeness (QED) is 0.528. The first-order valence-electron chi connectivity index (χ1n) is 9.10. The second kappa shape index (κ2) is 8.24. The number of halogens is 1. The van der Waals surface area contributed by atoms with Gasteiger partial charge in [0, 0.05) is 44.9 Å². The van der Waals surface area contributed by atoms with Gasteiger partial charge < -0.3 is 20.8 Å². The van der Waals surface area contributed by atoms with E-state index in [4.69, 9.17) is 10.5 Å². The Morgan fingerprint density at radius 2 is 2.03 bits per heavy atom. The first-order chi connectivity index (χ1) is 13.7. The Kier molecular flexibility index (Phi) is 5.93. The Morgan fingerprint density at radius 1 is 1.28 bits per heavy atom. The number of carbonyl (C=O) groups excluding carboxylic acids is 2. The number of hydrogen-bond donors (Lipinski definition) is 3. The molecule has 2 atom stereocenters. The van der Waals surface area contributed by atoms with Gasteiger partial charge in [0.2, 0.25) is 0 Å². The number of hydrogen-bond acceptors (Lipinski definition) is 4. The number of aromatic nitrogens is 2. The van der Waals surface area contributed by atoms with Crippen LogP contribution in [0.5, 0.6) is 0 Å². The third-order valence-electron chi connectivity index (χ3n) is 4.62.